The van der Waals surface area contributed by atoms with Gasteiger partial charge in [-0.3, -0.25) is 0 Å². The Morgan fingerprint density at radius 2 is 2.07 bits per heavy atom. The molecule has 3 nitrogen and oxygen atoms in total. The molecule has 0 aliphatic carbocycles. The number of nitrogens with zero attached hydrogens (tertiary/aromatic N) is 1. The molecule has 0 saturated carbocycles. The SMILES string of the molecule is Nc1noc(-c2ccc(F)cc2Cl)c1Cl. The summed E-state index contributed by atoms with van der Waals surface area (Å²) in [7, 11) is 0. The predicted molar refractivity (Wildman–Crippen MR) is 56.3 cm³/mol. The molecule has 1 heterocycles. The molecule has 0 amide bonds. The molecule has 0 aliphatic rings. The van der Waals surface area contributed by atoms with E-state index in [0.717, 1.165) is 6.07 Å². The standard InChI is InChI=1S/C9H5Cl2FN2O/c10-6-3-4(12)1-2-5(6)8-7(11)9(13)14-15-8/h1-3H,(H2,13,14). The molecule has 0 bridgehead atoms. The molecule has 2 rings (SSSR count). The van der Waals surface area contributed by atoms with Gasteiger partial charge in [-0.1, -0.05) is 28.4 Å². The van der Waals surface area contributed by atoms with Crippen LogP contribution in [-0.4, -0.2) is 5.16 Å². The number of aromatic nitrogens is 1. The molecular formula is C9H5Cl2FN2O. The number of anilines is 1. The topological polar surface area (TPSA) is 52.0 Å². The Labute approximate surface area is 94.6 Å². The van der Waals surface area contributed by atoms with E-state index >= 15 is 0 Å². The summed E-state index contributed by atoms with van der Waals surface area (Å²) >= 11 is 11.6. The van der Waals surface area contributed by atoms with Crippen LogP contribution in [0.15, 0.2) is 22.7 Å². The van der Waals surface area contributed by atoms with Crippen LogP contribution < -0.4 is 5.73 Å². The summed E-state index contributed by atoms with van der Waals surface area (Å²) in [5, 5.41) is 3.83. The van der Waals surface area contributed by atoms with Gasteiger partial charge in [0, 0.05) is 5.56 Å². The van der Waals surface area contributed by atoms with Crippen molar-refractivity contribution in [3.8, 4) is 11.3 Å². The van der Waals surface area contributed by atoms with E-state index in [0.29, 0.717) is 5.56 Å². The first-order valence-electron chi connectivity index (χ1n) is 3.95. The molecular weight excluding hydrogens is 242 g/mol. The van der Waals surface area contributed by atoms with E-state index in [1.54, 1.807) is 0 Å². The average Bonchev–Trinajstić information content (AvgIpc) is 2.49. The smallest absolute Gasteiger partial charge is 0.189 e. The highest BCUT2D eigenvalue weighted by atomic mass is 35.5. The Morgan fingerprint density at radius 3 is 2.60 bits per heavy atom. The van der Waals surface area contributed by atoms with Gasteiger partial charge in [-0.05, 0) is 18.2 Å². The lowest BCUT2D eigenvalue weighted by molar-refractivity contribution is 0.436. The van der Waals surface area contributed by atoms with Crippen molar-refractivity contribution in [2.24, 2.45) is 0 Å². The maximum absolute atomic E-state index is 12.8. The zero-order chi connectivity index (χ0) is 11.0. The number of halogens is 3. The summed E-state index contributed by atoms with van der Waals surface area (Å²) < 4.78 is 17.7. The highest BCUT2D eigenvalue weighted by Crippen LogP contribution is 2.36. The van der Waals surface area contributed by atoms with Gasteiger partial charge < -0.3 is 10.3 Å². The first-order valence-corrected chi connectivity index (χ1v) is 4.71. The van der Waals surface area contributed by atoms with Crippen molar-refractivity contribution >= 4 is 29.0 Å². The van der Waals surface area contributed by atoms with Gasteiger partial charge in [0.2, 0.25) is 0 Å². The van der Waals surface area contributed by atoms with Crippen LogP contribution in [0.5, 0.6) is 0 Å². The zero-order valence-electron chi connectivity index (χ0n) is 7.30. The van der Waals surface area contributed by atoms with E-state index < -0.39 is 5.82 Å². The van der Waals surface area contributed by atoms with Crippen molar-refractivity contribution in [3.63, 3.8) is 0 Å². The molecule has 0 fully saturated rings. The number of nitrogens with two attached hydrogens (primary N) is 1. The molecule has 0 atom stereocenters. The molecule has 1 aromatic heterocycles. The molecule has 1 aromatic carbocycles. The number of hydrogen-bond donors (Lipinski definition) is 1. The van der Waals surface area contributed by atoms with Crippen LogP contribution in [0.4, 0.5) is 10.2 Å². The van der Waals surface area contributed by atoms with E-state index in [4.69, 9.17) is 33.5 Å². The molecule has 0 unspecified atom stereocenters. The monoisotopic (exact) mass is 246 g/mol. The maximum atomic E-state index is 12.8. The summed E-state index contributed by atoms with van der Waals surface area (Å²) in [6.07, 6.45) is 0. The fraction of sp³-hybridized carbons (Fsp3) is 0. The van der Waals surface area contributed by atoms with Crippen LogP contribution in [0.1, 0.15) is 0 Å². The number of rotatable bonds is 1. The Kier molecular flexibility index (Phi) is 2.54. The predicted octanol–water partition coefficient (Wildman–Crippen LogP) is 3.37. The largest absolute Gasteiger partial charge is 0.380 e. The van der Waals surface area contributed by atoms with Gasteiger partial charge in [-0.15, -0.1) is 0 Å². The third-order valence-corrected chi connectivity index (χ3v) is 2.51. The zero-order valence-corrected chi connectivity index (χ0v) is 8.81. The van der Waals surface area contributed by atoms with Crippen molar-refractivity contribution < 1.29 is 8.91 Å². The summed E-state index contributed by atoms with van der Waals surface area (Å²) in [4.78, 5) is 0. The fourth-order valence-electron chi connectivity index (χ4n) is 1.13. The summed E-state index contributed by atoms with van der Waals surface area (Å²) in [5.74, 6) is -0.126. The van der Waals surface area contributed by atoms with Crippen LogP contribution in [0, 0.1) is 5.82 Å². The average molecular weight is 247 g/mol. The van der Waals surface area contributed by atoms with E-state index in [2.05, 4.69) is 5.16 Å². The Balaban J connectivity index is 2.59. The van der Waals surface area contributed by atoms with Crippen molar-refractivity contribution in [1.29, 1.82) is 0 Å². The van der Waals surface area contributed by atoms with Gasteiger partial charge in [-0.25, -0.2) is 4.39 Å². The van der Waals surface area contributed by atoms with E-state index in [9.17, 15) is 4.39 Å². The molecule has 0 aliphatic heterocycles. The highest BCUT2D eigenvalue weighted by Gasteiger charge is 2.16. The second-order valence-electron chi connectivity index (χ2n) is 2.84. The lowest BCUT2D eigenvalue weighted by Gasteiger charge is -1.99. The first kappa shape index (κ1) is 10.3. The summed E-state index contributed by atoms with van der Waals surface area (Å²) in [6, 6.07) is 3.85. The van der Waals surface area contributed by atoms with E-state index in [1.807, 2.05) is 0 Å². The van der Waals surface area contributed by atoms with Gasteiger partial charge in [0.1, 0.15) is 10.8 Å². The van der Waals surface area contributed by atoms with Crippen molar-refractivity contribution in [2.45, 2.75) is 0 Å². The number of hydrogen-bond acceptors (Lipinski definition) is 3. The second kappa shape index (κ2) is 3.72. The maximum Gasteiger partial charge on any atom is 0.189 e. The van der Waals surface area contributed by atoms with E-state index in [1.165, 1.54) is 12.1 Å². The molecule has 0 spiro atoms. The van der Waals surface area contributed by atoms with Gasteiger partial charge in [0.15, 0.2) is 11.6 Å². The summed E-state index contributed by atoms with van der Waals surface area (Å²) in [6.45, 7) is 0. The third-order valence-electron chi connectivity index (χ3n) is 1.84. The first-order chi connectivity index (χ1) is 7.09. The number of benzene rings is 1. The van der Waals surface area contributed by atoms with Gasteiger partial charge in [0.05, 0.1) is 5.02 Å². The molecule has 2 N–H and O–H groups in total. The third kappa shape index (κ3) is 1.78. The number of nitrogen functional groups attached to an aromatic ring is 1. The van der Waals surface area contributed by atoms with Gasteiger partial charge in [-0.2, -0.15) is 0 Å². The lowest BCUT2D eigenvalue weighted by atomic mass is 10.1. The van der Waals surface area contributed by atoms with Gasteiger partial charge >= 0.3 is 0 Å². The van der Waals surface area contributed by atoms with Crippen molar-refractivity contribution in [2.75, 3.05) is 5.73 Å². The molecule has 15 heavy (non-hydrogen) atoms. The van der Waals surface area contributed by atoms with Crippen LogP contribution in [0.25, 0.3) is 11.3 Å². The molecule has 6 heteroatoms. The highest BCUT2D eigenvalue weighted by molar-refractivity contribution is 6.37. The van der Waals surface area contributed by atoms with Crippen LogP contribution >= 0.6 is 23.2 Å². The minimum atomic E-state index is -0.438. The normalized spacial score (nSPS) is 10.6. The Hall–Kier alpha value is -1.26. The summed E-state index contributed by atoms with van der Waals surface area (Å²) in [5.41, 5.74) is 5.86. The molecule has 0 saturated heterocycles. The molecule has 78 valence electrons. The molecule has 0 radical (unpaired) electrons. The fourth-order valence-corrected chi connectivity index (χ4v) is 1.56. The van der Waals surface area contributed by atoms with E-state index in [-0.39, 0.29) is 21.6 Å². The lowest BCUT2D eigenvalue weighted by Crippen LogP contribution is -1.84. The van der Waals surface area contributed by atoms with Crippen LogP contribution in [-0.2, 0) is 0 Å². The minimum absolute atomic E-state index is 0.0760. The van der Waals surface area contributed by atoms with Crippen molar-refractivity contribution in [3.05, 3.63) is 34.1 Å². The van der Waals surface area contributed by atoms with Crippen LogP contribution in [0.3, 0.4) is 0 Å². The van der Waals surface area contributed by atoms with Crippen molar-refractivity contribution in [1.82, 2.24) is 5.16 Å². The molecule has 2 aromatic rings. The van der Waals surface area contributed by atoms with Crippen LogP contribution in [0.2, 0.25) is 10.0 Å². The Morgan fingerprint density at radius 1 is 1.33 bits per heavy atom. The Bertz CT molecular complexity index is 513. The second-order valence-corrected chi connectivity index (χ2v) is 3.62. The minimum Gasteiger partial charge on any atom is -0.380 e. The van der Waals surface area contributed by atoms with Gasteiger partial charge in [0.25, 0.3) is 0 Å². The quantitative estimate of drug-likeness (QED) is 0.840.